The fourth-order valence-corrected chi connectivity index (χ4v) is 1.52. The number of fused-ring (bicyclic) bond motifs is 1. The molecule has 0 atom stereocenters. The van der Waals surface area contributed by atoms with Crippen molar-refractivity contribution in [2.24, 2.45) is 0 Å². The highest BCUT2D eigenvalue weighted by atomic mass is 15.3. The molecule has 74 valence electrons. The lowest BCUT2D eigenvalue weighted by molar-refractivity contribution is 0.884. The normalized spacial score (nSPS) is 11.0. The molecule has 3 aromatic rings. The molecule has 0 saturated carbocycles. The number of aryl methyl sites for hydroxylation is 1. The highest BCUT2D eigenvalue weighted by molar-refractivity contribution is 5.56. The van der Waals surface area contributed by atoms with E-state index >= 15 is 0 Å². The van der Waals surface area contributed by atoms with Gasteiger partial charge in [0.2, 0.25) is 0 Å². The number of rotatable bonds is 1. The first-order chi connectivity index (χ1) is 7.34. The Labute approximate surface area is 86.0 Å². The summed E-state index contributed by atoms with van der Waals surface area (Å²) in [5.41, 5.74) is 2.81. The van der Waals surface area contributed by atoms with Crippen molar-refractivity contribution in [2.45, 2.75) is 6.92 Å². The average molecular weight is 199 g/mol. The summed E-state index contributed by atoms with van der Waals surface area (Å²) in [4.78, 5) is 4.27. The lowest BCUT2D eigenvalue weighted by Crippen LogP contribution is -1.95. The standard InChI is InChI=1S/C10H9N5/c1-8-5-12-15(7-8)9-6-13-14-4-2-3-11-10(9)14/h2-7H,1H3. The van der Waals surface area contributed by atoms with Gasteiger partial charge in [0, 0.05) is 18.6 Å². The second-order valence-corrected chi connectivity index (χ2v) is 3.38. The maximum Gasteiger partial charge on any atom is 0.181 e. The molecule has 0 N–H and O–H groups in total. The topological polar surface area (TPSA) is 48.0 Å². The Balaban J connectivity index is 2.27. The predicted molar refractivity (Wildman–Crippen MR) is 54.8 cm³/mol. The summed E-state index contributed by atoms with van der Waals surface area (Å²) in [6, 6.07) is 1.85. The van der Waals surface area contributed by atoms with Gasteiger partial charge in [0.05, 0.1) is 12.4 Å². The van der Waals surface area contributed by atoms with Crippen LogP contribution in [0.2, 0.25) is 0 Å². The molecule has 5 nitrogen and oxygen atoms in total. The molecular weight excluding hydrogens is 190 g/mol. The molecule has 0 fully saturated rings. The maximum absolute atomic E-state index is 4.27. The van der Waals surface area contributed by atoms with Crippen molar-refractivity contribution in [3.63, 3.8) is 0 Å². The van der Waals surface area contributed by atoms with Crippen LogP contribution in [0.1, 0.15) is 5.56 Å². The molecule has 0 aliphatic heterocycles. The molecule has 15 heavy (non-hydrogen) atoms. The molecule has 3 aromatic heterocycles. The first-order valence-corrected chi connectivity index (χ1v) is 4.64. The van der Waals surface area contributed by atoms with Gasteiger partial charge in [-0.15, -0.1) is 0 Å². The van der Waals surface area contributed by atoms with Gasteiger partial charge in [-0.3, -0.25) is 0 Å². The van der Waals surface area contributed by atoms with Crippen LogP contribution in [0.3, 0.4) is 0 Å². The Morgan fingerprint density at radius 2 is 2.13 bits per heavy atom. The molecule has 0 aliphatic carbocycles. The van der Waals surface area contributed by atoms with E-state index < -0.39 is 0 Å². The molecule has 0 bridgehead atoms. The van der Waals surface area contributed by atoms with Crippen LogP contribution in [0, 0.1) is 6.92 Å². The van der Waals surface area contributed by atoms with Crippen LogP contribution in [0.5, 0.6) is 0 Å². The fraction of sp³-hybridized carbons (Fsp3) is 0.100. The van der Waals surface area contributed by atoms with Crippen molar-refractivity contribution in [2.75, 3.05) is 0 Å². The van der Waals surface area contributed by atoms with Crippen LogP contribution < -0.4 is 0 Å². The molecule has 0 aromatic carbocycles. The molecule has 0 radical (unpaired) electrons. The zero-order valence-corrected chi connectivity index (χ0v) is 8.20. The van der Waals surface area contributed by atoms with E-state index in [1.165, 1.54) is 0 Å². The summed E-state index contributed by atoms with van der Waals surface area (Å²) in [5, 5.41) is 8.43. The van der Waals surface area contributed by atoms with Crippen molar-refractivity contribution in [3.8, 4) is 5.69 Å². The summed E-state index contributed by atoms with van der Waals surface area (Å²) in [6.07, 6.45) is 9.13. The van der Waals surface area contributed by atoms with Crippen molar-refractivity contribution in [1.82, 2.24) is 24.4 Å². The highest BCUT2D eigenvalue weighted by Crippen LogP contribution is 2.12. The summed E-state index contributed by atoms with van der Waals surface area (Å²) in [6.45, 7) is 2.00. The van der Waals surface area contributed by atoms with Gasteiger partial charge in [0.25, 0.3) is 0 Å². The monoisotopic (exact) mass is 199 g/mol. The Morgan fingerprint density at radius 3 is 2.93 bits per heavy atom. The number of hydrogen-bond acceptors (Lipinski definition) is 3. The van der Waals surface area contributed by atoms with Crippen molar-refractivity contribution >= 4 is 5.65 Å². The second-order valence-electron chi connectivity index (χ2n) is 3.38. The molecule has 0 aliphatic rings. The van der Waals surface area contributed by atoms with E-state index in [9.17, 15) is 0 Å². The lowest BCUT2D eigenvalue weighted by Gasteiger charge is -1.96. The van der Waals surface area contributed by atoms with Crippen molar-refractivity contribution < 1.29 is 0 Å². The van der Waals surface area contributed by atoms with Crippen LogP contribution in [0.4, 0.5) is 0 Å². The molecule has 0 spiro atoms. The summed E-state index contributed by atoms with van der Waals surface area (Å²) in [5.74, 6) is 0. The SMILES string of the molecule is Cc1cnn(-c2cnn3cccnc23)c1. The minimum absolute atomic E-state index is 0.806. The molecule has 0 amide bonds. The Morgan fingerprint density at radius 1 is 1.20 bits per heavy atom. The molecule has 3 heterocycles. The predicted octanol–water partition coefficient (Wildman–Crippen LogP) is 1.22. The van der Waals surface area contributed by atoms with Gasteiger partial charge in [-0.05, 0) is 18.6 Å². The van der Waals surface area contributed by atoms with Gasteiger partial charge < -0.3 is 0 Å². The molecule has 5 heteroatoms. The first-order valence-electron chi connectivity index (χ1n) is 4.64. The van der Waals surface area contributed by atoms with Crippen LogP contribution in [0.15, 0.2) is 37.1 Å². The molecule has 3 rings (SSSR count). The van der Waals surface area contributed by atoms with E-state index in [2.05, 4.69) is 15.2 Å². The van der Waals surface area contributed by atoms with Gasteiger partial charge in [-0.2, -0.15) is 10.2 Å². The number of hydrogen-bond donors (Lipinski definition) is 0. The smallest absolute Gasteiger partial charge is 0.181 e. The van der Waals surface area contributed by atoms with Crippen LogP contribution >= 0.6 is 0 Å². The van der Waals surface area contributed by atoms with E-state index in [1.807, 2.05) is 31.6 Å². The van der Waals surface area contributed by atoms with E-state index in [1.54, 1.807) is 21.6 Å². The molecule has 0 saturated heterocycles. The summed E-state index contributed by atoms with van der Waals surface area (Å²) < 4.78 is 3.51. The van der Waals surface area contributed by atoms with Gasteiger partial charge in [-0.25, -0.2) is 14.2 Å². The average Bonchev–Trinajstić information content (AvgIpc) is 2.83. The third-order valence-corrected chi connectivity index (χ3v) is 2.22. The largest absolute Gasteiger partial charge is 0.235 e. The summed E-state index contributed by atoms with van der Waals surface area (Å²) in [7, 11) is 0. The van der Waals surface area contributed by atoms with Crippen molar-refractivity contribution in [3.05, 3.63) is 42.6 Å². The van der Waals surface area contributed by atoms with Crippen LogP contribution in [0.25, 0.3) is 11.3 Å². The van der Waals surface area contributed by atoms with Gasteiger partial charge in [0.1, 0.15) is 5.69 Å². The van der Waals surface area contributed by atoms with Gasteiger partial charge in [-0.1, -0.05) is 0 Å². The number of aromatic nitrogens is 5. The molecular formula is C10H9N5. The zero-order chi connectivity index (χ0) is 10.3. The Bertz CT molecular complexity index is 607. The Hall–Kier alpha value is -2.17. The van der Waals surface area contributed by atoms with Crippen molar-refractivity contribution in [1.29, 1.82) is 0 Å². The minimum atomic E-state index is 0.806. The summed E-state index contributed by atoms with van der Waals surface area (Å²) >= 11 is 0. The molecule has 0 unspecified atom stereocenters. The third kappa shape index (κ3) is 1.20. The first kappa shape index (κ1) is 8.16. The Kier molecular flexibility index (Phi) is 1.58. The second kappa shape index (κ2) is 2.91. The van der Waals surface area contributed by atoms with E-state index in [-0.39, 0.29) is 0 Å². The van der Waals surface area contributed by atoms with E-state index in [0.29, 0.717) is 0 Å². The fourth-order valence-electron chi connectivity index (χ4n) is 1.52. The highest BCUT2D eigenvalue weighted by Gasteiger charge is 2.06. The number of nitrogens with zero attached hydrogens (tertiary/aromatic N) is 5. The van der Waals surface area contributed by atoms with Gasteiger partial charge >= 0.3 is 0 Å². The minimum Gasteiger partial charge on any atom is -0.235 e. The van der Waals surface area contributed by atoms with Crippen LogP contribution in [-0.2, 0) is 0 Å². The van der Waals surface area contributed by atoms with Crippen LogP contribution in [-0.4, -0.2) is 24.4 Å². The zero-order valence-electron chi connectivity index (χ0n) is 8.20. The lowest BCUT2D eigenvalue weighted by atomic mass is 10.4. The van der Waals surface area contributed by atoms with Gasteiger partial charge in [0.15, 0.2) is 5.65 Å². The third-order valence-electron chi connectivity index (χ3n) is 2.22. The maximum atomic E-state index is 4.27. The van der Waals surface area contributed by atoms with E-state index in [0.717, 1.165) is 16.9 Å². The quantitative estimate of drug-likeness (QED) is 0.592. The van der Waals surface area contributed by atoms with E-state index in [4.69, 9.17) is 0 Å².